The summed E-state index contributed by atoms with van der Waals surface area (Å²) >= 11 is 0. The third-order valence-corrected chi connectivity index (χ3v) is 4.30. The Kier molecular flexibility index (Phi) is 4.23. The number of carbonyl (C=O) groups is 1. The van der Waals surface area contributed by atoms with Crippen LogP contribution in [0.15, 0.2) is 52.1 Å². The molecule has 0 aliphatic heterocycles. The Bertz CT molecular complexity index is 1040. The number of nitrogens with one attached hydrogen (secondary N) is 1. The Hall–Kier alpha value is -3.21. The van der Waals surface area contributed by atoms with Crippen LogP contribution >= 0.6 is 0 Å². The molecule has 0 spiro atoms. The van der Waals surface area contributed by atoms with Gasteiger partial charge in [-0.2, -0.15) is 0 Å². The van der Waals surface area contributed by atoms with Crippen molar-refractivity contribution >= 4 is 17.3 Å². The minimum absolute atomic E-state index is 0.199. The predicted molar refractivity (Wildman–Crippen MR) is 97.3 cm³/mol. The molecule has 126 valence electrons. The van der Waals surface area contributed by atoms with E-state index in [9.17, 15) is 14.4 Å². The highest BCUT2D eigenvalue weighted by Gasteiger charge is 2.24. The van der Waals surface area contributed by atoms with Gasteiger partial charge in [0.15, 0.2) is 0 Å². The van der Waals surface area contributed by atoms with Crippen LogP contribution in [0.2, 0.25) is 0 Å². The van der Waals surface area contributed by atoms with Crippen LogP contribution < -0.4 is 16.2 Å². The molecule has 0 bridgehead atoms. The summed E-state index contributed by atoms with van der Waals surface area (Å²) in [7, 11) is 1.29. The molecule has 0 fully saturated rings. The number of ether oxygens (including phenoxy) is 1. The first-order valence-electron chi connectivity index (χ1n) is 7.79. The summed E-state index contributed by atoms with van der Waals surface area (Å²) in [5.41, 5.74) is 2.97. The number of para-hydroxylation sites is 1. The summed E-state index contributed by atoms with van der Waals surface area (Å²) in [6, 6.07) is 12.3. The number of hydrogen-bond acceptors (Lipinski definition) is 5. The topological polar surface area (TPSA) is 72.5 Å². The maximum absolute atomic E-state index is 12.1. The summed E-state index contributed by atoms with van der Waals surface area (Å²) in [6.45, 7) is 3.93. The van der Waals surface area contributed by atoms with Gasteiger partial charge < -0.3 is 10.1 Å². The van der Waals surface area contributed by atoms with Crippen LogP contribution in [-0.4, -0.2) is 13.1 Å². The molecule has 0 saturated carbocycles. The summed E-state index contributed by atoms with van der Waals surface area (Å²) in [6.07, 6.45) is 0. The van der Waals surface area contributed by atoms with E-state index < -0.39 is 16.8 Å². The van der Waals surface area contributed by atoms with Crippen molar-refractivity contribution < 1.29 is 9.53 Å². The van der Waals surface area contributed by atoms with Crippen LogP contribution in [0.25, 0.3) is 11.1 Å². The first-order valence-corrected chi connectivity index (χ1v) is 7.79. The smallest absolute Gasteiger partial charge is 0.339 e. The zero-order chi connectivity index (χ0) is 18.1. The maximum Gasteiger partial charge on any atom is 0.339 e. The Labute approximate surface area is 144 Å². The van der Waals surface area contributed by atoms with Crippen molar-refractivity contribution in [2.45, 2.75) is 13.8 Å². The summed E-state index contributed by atoms with van der Waals surface area (Å²) in [5.74, 6) is -0.519. The molecule has 0 aliphatic carbocycles. The van der Waals surface area contributed by atoms with Gasteiger partial charge in [0.1, 0.15) is 5.69 Å². The molecule has 0 saturated heterocycles. The van der Waals surface area contributed by atoms with Crippen molar-refractivity contribution in [3.63, 3.8) is 0 Å². The van der Waals surface area contributed by atoms with Gasteiger partial charge in [0.2, 0.25) is 5.43 Å². The van der Waals surface area contributed by atoms with Crippen molar-refractivity contribution in [1.29, 1.82) is 0 Å². The third kappa shape index (κ3) is 2.85. The van der Waals surface area contributed by atoms with Gasteiger partial charge in [-0.05, 0) is 42.7 Å². The molecule has 3 aromatic rings. The number of esters is 1. The van der Waals surface area contributed by atoms with E-state index in [2.05, 4.69) is 5.32 Å². The minimum atomic E-state index is -0.590. The lowest BCUT2D eigenvalue weighted by atomic mass is 9.95. The van der Waals surface area contributed by atoms with Gasteiger partial charge in [0.05, 0.1) is 23.9 Å². The fourth-order valence-corrected chi connectivity index (χ4v) is 2.70. The average Bonchev–Trinajstić information content (AvgIpc) is 2.63. The molecule has 0 amide bonds. The van der Waals surface area contributed by atoms with Crippen LogP contribution in [0, 0.1) is 13.8 Å². The standard InChI is InChI=1S/C20H17NO4/c1-11-8-9-13(10-12(11)2)16-17(19(23)18(16)22)21-15-7-5-4-6-14(15)20(24)25-3/h4-10,21H,1-3H3. The van der Waals surface area contributed by atoms with Gasteiger partial charge in [-0.1, -0.05) is 30.3 Å². The highest BCUT2D eigenvalue weighted by molar-refractivity contribution is 5.97. The van der Waals surface area contributed by atoms with Crippen molar-refractivity contribution in [1.82, 2.24) is 0 Å². The molecule has 0 unspecified atom stereocenters. The van der Waals surface area contributed by atoms with Crippen LogP contribution in [0.3, 0.4) is 0 Å². The maximum atomic E-state index is 12.1. The van der Waals surface area contributed by atoms with Crippen molar-refractivity contribution in [3.05, 3.63) is 79.6 Å². The summed E-state index contributed by atoms with van der Waals surface area (Å²) < 4.78 is 4.75. The number of aryl methyl sites for hydroxylation is 2. The Morgan fingerprint density at radius 3 is 2.36 bits per heavy atom. The largest absolute Gasteiger partial charge is 0.465 e. The second-order valence-electron chi connectivity index (χ2n) is 5.87. The molecular weight excluding hydrogens is 318 g/mol. The quantitative estimate of drug-likeness (QED) is 0.586. The molecule has 0 atom stereocenters. The van der Waals surface area contributed by atoms with Gasteiger partial charge in [-0.3, -0.25) is 9.59 Å². The van der Waals surface area contributed by atoms with Gasteiger partial charge in [-0.15, -0.1) is 0 Å². The molecule has 3 rings (SSSR count). The van der Waals surface area contributed by atoms with Crippen molar-refractivity contribution in [2.75, 3.05) is 12.4 Å². The highest BCUT2D eigenvalue weighted by atomic mass is 16.5. The normalized spacial score (nSPS) is 10.7. The van der Waals surface area contributed by atoms with Crippen LogP contribution in [-0.2, 0) is 4.74 Å². The second kappa shape index (κ2) is 6.36. The monoisotopic (exact) mass is 335 g/mol. The number of rotatable bonds is 4. The Morgan fingerprint density at radius 1 is 0.960 bits per heavy atom. The lowest BCUT2D eigenvalue weighted by Gasteiger charge is -2.16. The lowest BCUT2D eigenvalue weighted by Crippen LogP contribution is -2.35. The van der Waals surface area contributed by atoms with Crippen molar-refractivity contribution in [3.8, 4) is 11.1 Å². The molecule has 0 radical (unpaired) electrons. The molecule has 0 aromatic heterocycles. The van der Waals surface area contributed by atoms with E-state index in [0.29, 0.717) is 22.4 Å². The number of anilines is 2. The highest BCUT2D eigenvalue weighted by Crippen LogP contribution is 2.29. The predicted octanol–water partition coefficient (Wildman–Crippen LogP) is 3.10. The van der Waals surface area contributed by atoms with Crippen LogP contribution in [0.1, 0.15) is 21.5 Å². The molecule has 0 aliphatic rings. The summed E-state index contributed by atoms with van der Waals surface area (Å²) in [5, 5.41) is 2.93. The number of benzene rings is 2. The lowest BCUT2D eigenvalue weighted by molar-refractivity contribution is 0.0602. The van der Waals surface area contributed by atoms with E-state index in [1.807, 2.05) is 32.0 Å². The molecule has 5 nitrogen and oxygen atoms in total. The van der Waals surface area contributed by atoms with Gasteiger partial charge >= 0.3 is 5.97 Å². The molecule has 3 aromatic carbocycles. The number of hydrogen-bond donors (Lipinski definition) is 1. The van der Waals surface area contributed by atoms with E-state index in [1.54, 1.807) is 24.3 Å². The van der Waals surface area contributed by atoms with E-state index >= 15 is 0 Å². The van der Waals surface area contributed by atoms with E-state index in [-0.39, 0.29) is 5.69 Å². The first kappa shape index (κ1) is 16.6. The first-order chi connectivity index (χ1) is 11.9. The molecule has 5 heteroatoms. The Morgan fingerprint density at radius 2 is 1.68 bits per heavy atom. The number of carbonyl (C=O) groups excluding carboxylic acids is 1. The van der Waals surface area contributed by atoms with Gasteiger partial charge in [0, 0.05) is 0 Å². The zero-order valence-corrected chi connectivity index (χ0v) is 14.2. The molecule has 1 N–H and O–H groups in total. The molecule has 0 heterocycles. The second-order valence-corrected chi connectivity index (χ2v) is 5.87. The van der Waals surface area contributed by atoms with E-state index in [0.717, 1.165) is 11.1 Å². The van der Waals surface area contributed by atoms with Crippen LogP contribution in [0.5, 0.6) is 0 Å². The summed E-state index contributed by atoms with van der Waals surface area (Å²) in [4.78, 5) is 36.0. The zero-order valence-electron chi connectivity index (χ0n) is 14.2. The SMILES string of the molecule is COC(=O)c1ccccc1Nc1c(-c2ccc(C)c(C)c2)c(=O)c1=O. The third-order valence-electron chi connectivity index (χ3n) is 4.30. The fraction of sp³-hybridized carbons (Fsp3) is 0.150. The number of methoxy groups -OCH3 is 1. The van der Waals surface area contributed by atoms with E-state index in [1.165, 1.54) is 7.11 Å². The average molecular weight is 335 g/mol. The fourth-order valence-electron chi connectivity index (χ4n) is 2.70. The molecule has 25 heavy (non-hydrogen) atoms. The van der Waals surface area contributed by atoms with E-state index in [4.69, 9.17) is 4.74 Å². The minimum Gasteiger partial charge on any atom is -0.465 e. The Balaban J connectivity index is 2.05. The van der Waals surface area contributed by atoms with Crippen molar-refractivity contribution in [2.24, 2.45) is 0 Å². The van der Waals surface area contributed by atoms with Gasteiger partial charge in [0.25, 0.3) is 5.43 Å². The van der Waals surface area contributed by atoms with Crippen LogP contribution in [0.4, 0.5) is 11.4 Å². The van der Waals surface area contributed by atoms with Gasteiger partial charge in [-0.25, -0.2) is 4.79 Å². The molecular formula is C20H17NO4.